The molecular formula is C16H16ClNO. The summed E-state index contributed by atoms with van der Waals surface area (Å²) in [7, 11) is 1.70. The van der Waals surface area contributed by atoms with Crippen molar-refractivity contribution >= 4 is 17.3 Å². The third-order valence-corrected chi connectivity index (χ3v) is 3.80. The summed E-state index contributed by atoms with van der Waals surface area (Å²) in [5.74, 6) is 0.886. The number of halogens is 1. The lowest BCUT2D eigenvalue weighted by atomic mass is 10.1. The molecule has 0 amide bonds. The van der Waals surface area contributed by atoms with Crippen molar-refractivity contribution in [2.24, 2.45) is 0 Å². The number of benzene rings is 2. The number of para-hydroxylation sites is 2. The topological polar surface area (TPSA) is 21.3 Å². The van der Waals surface area contributed by atoms with Crippen molar-refractivity contribution in [1.82, 2.24) is 0 Å². The minimum absolute atomic E-state index is 0.407. The van der Waals surface area contributed by atoms with Crippen LogP contribution in [-0.2, 0) is 12.8 Å². The normalized spacial score (nSPS) is 17.1. The summed E-state index contributed by atoms with van der Waals surface area (Å²) in [5, 5.41) is 4.38. The molecule has 0 heterocycles. The van der Waals surface area contributed by atoms with Crippen LogP contribution in [0, 0.1) is 0 Å². The van der Waals surface area contributed by atoms with Gasteiger partial charge in [-0.1, -0.05) is 29.8 Å². The van der Waals surface area contributed by atoms with Gasteiger partial charge in [0.25, 0.3) is 0 Å². The van der Waals surface area contributed by atoms with Crippen LogP contribution in [0.4, 0.5) is 5.69 Å². The average Bonchev–Trinajstić information content (AvgIpc) is 2.80. The monoisotopic (exact) mass is 273 g/mol. The Morgan fingerprint density at radius 1 is 1.11 bits per heavy atom. The van der Waals surface area contributed by atoms with Crippen molar-refractivity contribution < 1.29 is 4.74 Å². The second kappa shape index (κ2) is 5.14. The second-order valence-corrected chi connectivity index (χ2v) is 5.30. The summed E-state index contributed by atoms with van der Waals surface area (Å²) in [6, 6.07) is 14.6. The Morgan fingerprint density at radius 2 is 1.89 bits per heavy atom. The van der Waals surface area contributed by atoms with E-state index in [1.54, 1.807) is 7.11 Å². The maximum Gasteiger partial charge on any atom is 0.141 e. The van der Waals surface area contributed by atoms with Crippen molar-refractivity contribution in [2.75, 3.05) is 12.4 Å². The molecule has 0 radical (unpaired) electrons. The lowest BCUT2D eigenvalue weighted by Crippen LogP contribution is -2.19. The van der Waals surface area contributed by atoms with Gasteiger partial charge < -0.3 is 10.1 Å². The van der Waals surface area contributed by atoms with Crippen LogP contribution in [0.3, 0.4) is 0 Å². The predicted octanol–water partition coefficient (Wildman–Crippen LogP) is 3.93. The molecule has 3 heteroatoms. The van der Waals surface area contributed by atoms with E-state index in [9.17, 15) is 0 Å². The van der Waals surface area contributed by atoms with Crippen LogP contribution in [0.25, 0.3) is 0 Å². The highest BCUT2D eigenvalue weighted by atomic mass is 35.5. The van der Waals surface area contributed by atoms with Crippen molar-refractivity contribution in [3.8, 4) is 5.75 Å². The van der Waals surface area contributed by atoms with Gasteiger partial charge in [-0.05, 0) is 48.2 Å². The lowest BCUT2D eigenvalue weighted by Gasteiger charge is -2.16. The Morgan fingerprint density at radius 3 is 2.74 bits per heavy atom. The molecule has 19 heavy (non-hydrogen) atoms. The number of rotatable bonds is 3. The first-order valence-corrected chi connectivity index (χ1v) is 6.81. The van der Waals surface area contributed by atoms with Crippen LogP contribution in [-0.4, -0.2) is 13.2 Å². The van der Waals surface area contributed by atoms with Gasteiger partial charge in [0, 0.05) is 11.1 Å². The molecule has 0 aliphatic heterocycles. The quantitative estimate of drug-likeness (QED) is 0.915. The van der Waals surface area contributed by atoms with E-state index in [0.29, 0.717) is 6.04 Å². The van der Waals surface area contributed by atoms with Crippen molar-refractivity contribution in [3.63, 3.8) is 0 Å². The fourth-order valence-corrected chi connectivity index (χ4v) is 2.87. The summed E-state index contributed by atoms with van der Waals surface area (Å²) < 4.78 is 5.37. The number of hydrogen-bond donors (Lipinski definition) is 1. The highest BCUT2D eigenvalue weighted by Gasteiger charge is 2.22. The Balaban J connectivity index is 1.77. The summed E-state index contributed by atoms with van der Waals surface area (Å²) in [6.45, 7) is 0. The third kappa shape index (κ3) is 2.54. The standard InChI is InChI=1S/C16H16ClNO/c1-19-16-5-3-2-4-15(16)18-14-9-11-6-7-13(17)8-12(11)10-14/h2-8,14,18H,9-10H2,1H3. The first-order valence-electron chi connectivity index (χ1n) is 6.43. The molecule has 2 aromatic rings. The summed E-state index contributed by atoms with van der Waals surface area (Å²) in [6.07, 6.45) is 2.04. The van der Waals surface area contributed by atoms with Crippen LogP contribution in [0.2, 0.25) is 5.02 Å². The first kappa shape index (κ1) is 12.4. The molecule has 0 spiro atoms. The van der Waals surface area contributed by atoms with E-state index >= 15 is 0 Å². The van der Waals surface area contributed by atoms with Gasteiger partial charge in [0.15, 0.2) is 0 Å². The van der Waals surface area contributed by atoms with Gasteiger partial charge in [-0.25, -0.2) is 0 Å². The molecule has 2 nitrogen and oxygen atoms in total. The molecule has 1 N–H and O–H groups in total. The van der Waals surface area contributed by atoms with Gasteiger partial charge in [-0.15, -0.1) is 0 Å². The van der Waals surface area contributed by atoms with E-state index in [0.717, 1.165) is 29.3 Å². The van der Waals surface area contributed by atoms with Crippen LogP contribution >= 0.6 is 11.6 Å². The van der Waals surface area contributed by atoms with Crippen LogP contribution in [0.1, 0.15) is 11.1 Å². The molecular weight excluding hydrogens is 258 g/mol. The van der Waals surface area contributed by atoms with E-state index in [2.05, 4.69) is 23.5 Å². The van der Waals surface area contributed by atoms with Gasteiger partial charge >= 0.3 is 0 Å². The fraction of sp³-hybridized carbons (Fsp3) is 0.250. The molecule has 0 bridgehead atoms. The highest BCUT2D eigenvalue weighted by Crippen LogP contribution is 2.30. The second-order valence-electron chi connectivity index (χ2n) is 4.86. The van der Waals surface area contributed by atoms with Gasteiger partial charge in [0.1, 0.15) is 5.75 Å². The molecule has 2 aromatic carbocycles. The Kier molecular flexibility index (Phi) is 3.34. The molecule has 1 aliphatic rings. The van der Waals surface area contributed by atoms with Gasteiger partial charge in [-0.2, -0.15) is 0 Å². The summed E-state index contributed by atoms with van der Waals surface area (Å²) >= 11 is 6.04. The van der Waals surface area contributed by atoms with E-state index < -0.39 is 0 Å². The van der Waals surface area contributed by atoms with Crippen LogP contribution in [0.15, 0.2) is 42.5 Å². The maximum atomic E-state index is 6.04. The zero-order valence-corrected chi connectivity index (χ0v) is 11.6. The minimum Gasteiger partial charge on any atom is -0.495 e. The zero-order valence-electron chi connectivity index (χ0n) is 10.8. The molecule has 1 atom stereocenters. The predicted molar refractivity (Wildman–Crippen MR) is 79.3 cm³/mol. The molecule has 0 aromatic heterocycles. The van der Waals surface area contributed by atoms with E-state index in [1.165, 1.54) is 11.1 Å². The van der Waals surface area contributed by atoms with Gasteiger partial charge in [0.05, 0.1) is 12.8 Å². The SMILES string of the molecule is COc1ccccc1NC1Cc2ccc(Cl)cc2C1. The Hall–Kier alpha value is -1.67. The number of methoxy groups -OCH3 is 1. The van der Waals surface area contributed by atoms with Crippen molar-refractivity contribution in [3.05, 3.63) is 58.6 Å². The third-order valence-electron chi connectivity index (χ3n) is 3.57. The lowest BCUT2D eigenvalue weighted by molar-refractivity contribution is 0.416. The summed E-state index contributed by atoms with van der Waals surface area (Å²) in [4.78, 5) is 0. The number of fused-ring (bicyclic) bond motifs is 1. The summed E-state index contributed by atoms with van der Waals surface area (Å²) in [5.41, 5.74) is 3.78. The van der Waals surface area contributed by atoms with Crippen molar-refractivity contribution in [2.45, 2.75) is 18.9 Å². The number of anilines is 1. The molecule has 1 aliphatic carbocycles. The molecule has 0 fully saturated rings. The van der Waals surface area contributed by atoms with Crippen molar-refractivity contribution in [1.29, 1.82) is 0 Å². The van der Waals surface area contributed by atoms with E-state index in [1.807, 2.05) is 24.3 Å². The van der Waals surface area contributed by atoms with E-state index in [4.69, 9.17) is 16.3 Å². The molecule has 98 valence electrons. The minimum atomic E-state index is 0.407. The smallest absolute Gasteiger partial charge is 0.141 e. The van der Waals surface area contributed by atoms with E-state index in [-0.39, 0.29) is 0 Å². The zero-order chi connectivity index (χ0) is 13.2. The molecule has 0 saturated carbocycles. The fourth-order valence-electron chi connectivity index (χ4n) is 2.67. The highest BCUT2D eigenvalue weighted by molar-refractivity contribution is 6.30. The van der Waals surface area contributed by atoms with Gasteiger partial charge in [0.2, 0.25) is 0 Å². The Bertz CT molecular complexity index is 597. The van der Waals surface area contributed by atoms with Crippen LogP contribution in [0.5, 0.6) is 5.75 Å². The molecule has 3 rings (SSSR count). The Labute approximate surface area is 118 Å². The van der Waals surface area contributed by atoms with Gasteiger partial charge in [-0.3, -0.25) is 0 Å². The number of ether oxygens (including phenoxy) is 1. The maximum absolute atomic E-state index is 6.04. The largest absolute Gasteiger partial charge is 0.495 e. The average molecular weight is 274 g/mol. The first-order chi connectivity index (χ1) is 9.26. The molecule has 0 saturated heterocycles. The molecule has 1 unspecified atom stereocenters. The van der Waals surface area contributed by atoms with Crippen LogP contribution < -0.4 is 10.1 Å². The number of hydrogen-bond acceptors (Lipinski definition) is 2. The number of nitrogens with one attached hydrogen (secondary N) is 1.